The number of anilines is 1. The maximum Gasteiger partial charge on any atom is 0.319 e. The van der Waals surface area contributed by atoms with Crippen LogP contribution in [-0.2, 0) is 9.53 Å². The third-order valence-corrected chi connectivity index (χ3v) is 4.96. The Morgan fingerprint density at radius 3 is 2.72 bits per heavy atom. The number of thioether (sulfide) groups is 1. The van der Waals surface area contributed by atoms with Crippen LogP contribution < -0.4 is 10.1 Å². The molecule has 1 amide bonds. The minimum atomic E-state index is -0.393. The average molecular weight is 381 g/mol. The highest BCUT2D eigenvalue weighted by Crippen LogP contribution is 2.30. The van der Waals surface area contributed by atoms with Crippen molar-refractivity contribution >= 4 is 40.1 Å². The first-order valence-electron chi connectivity index (χ1n) is 7.75. The molecule has 0 aliphatic carbocycles. The van der Waals surface area contributed by atoms with Crippen molar-refractivity contribution in [1.29, 1.82) is 0 Å². The van der Waals surface area contributed by atoms with Crippen LogP contribution in [0.4, 0.5) is 5.13 Å². The number of carbonyl (C=O) groups is 2. The normalized spacial score (nSPS) is 11.6. The van der Waals surface area contributed by atoms with Gasteiger partial charge in [0.05, 0.1) is 18.8 Å². The van der Waals surface area contributed by atoms with Gasteiger partial charge in [-0.15, -0.1) is 10.2 Å². The zero-order valence-corrected chi connectivity index (χ0v) is 15.8. The Morgan fingerprint density at radius 1 is 1.24 bits per heavy atom. The van der Waals surface area contributed by atoms with Gasteiger partial charge in [0.1, 0.15) is 11.0 Å². The van der Waals surface area contributed by atoms with E-state index in [2.05, 4.69) is 15.5 Å². The second-order valence-corrected chi connectivity index (χ2v) is 7.33. The van der Waals surface area contributed by atoms with Crippen LogP contribution in [0.3, 0.4) is 0 Å². The van der Waals surface area contributed by atoms with Crippen molar-refractivity contribution in [3.05, 3.63) is 29.8 Å². The number of benzene rings is 1. The lowest BCUT2D eigenvalue weighted by Crippen LogP contribution is -2.16. The van der Waals surface area contributed by atoms with Crippen molar-refractivity contribution in [2.45, 2.75) is 30.4 Å². The van der Waals surface area contributed by atoms with E-state index in [-0.39, 0.29) is 11.9 Å². The highest BCUT2D eigenvalue weighted by atomic mass is 32.2. The van der Waals surface area contributed by atoms with Crippen molar-refractivity contribution in [2.75, 3.05) is 18.5 Å². The van der Waals surface area contributed by atoms with Crippen LogP contribution in [0.2, 0.25) is 0 Å². The zero-order chi connectivity index (χ0) is 18.2. The van der Waals surface area contributed by atoms with E-state index < -0.39 is 5.25 Å². The number of rotatable bonds is 8. The van der Waals surface area contributed by atoms with E-state index >= 15 is 0 Å². The summed E-state index contributed by atoms with van der Waals surface area (Å²) in [6.07, 6.45) is 0. The summed E-state index contributed by atoms with van der Waals surface area (Å²) in [5.74, 6) is -0.119. The van der Waals surface area contributed by atoms with Gasteiger partial charge in [-0.05, 0) is 32.9 Å². The maximum absolute atomic E-state index is 12.4. The fourth-order valence-corrected chi connectivity index (χ4v) is 3.76. The minimum absolute atomic E-state index is 0.307. The first-order chi connectivity index (χ1) is 12.0. The summed E-state index contributed by atoms with van der Waals surface area (Å²) >= 11 is 2.44. The molecular formula is C16H19N3O4S2. The fraction of sp³-hybridized carbons (Fsp3) is 0.375. The number of para-hydroxylation sites is 1. The summed E-state index contributed by atoms with van der Waals surface area (Å²) in [6, 6.07) is 6.98. The number of aromatic nitrogens is 2. The molecule has 0 saturated heterocycles. The molecule has 0 radical (unpaired) electrons. The van der Waals surface area contributed by atoms with E-state index in [1.165, 1.54) is 23.1 Å². The van der Waals surface area contributed by atoms with Gasteiger partial charge in [0, 0.05) is 0 Å². The van der Waals surface area contributed by atoms with Crippen LogP contribution >= 0.6 is 23.1 Å². The van der Waals surface area contributed by atoms with Crippen molar-refractivity contribution in [3.63, 3.8) is 0 Å². The van der Waals surface area contributed by atoms with Crippen LogP contribution in [0.1, 0.15) is 31.1 Å². The predicted molar refractivity (Wildman–Crippen MR) is 97.4 cm³/mol. The molecule has 1 N–H and O–H groups in total. The number of esters is 1. The quantitative estimate of drug-likeness (QED) is 0.426. The Hall–Kier alpha value is -2.13. The smallest absolute Gasteiger partial charge is 0.319 e. The average Bonchev–Trinajstić information content (AvgIpc) is 3.02. The summed E-state index contributed by atoms with van der Waals surface area (Å²) in [5, 5.41) is 10.6. The van der Waals surface area contributed by atoms with Gasteiger partial charge in [0.2, 0.25) is 5.13 Å². The van der Waals surface area contributed by atoms with Crippen LogP contribution in [0.25, 0.3) is 0 Å². The Labute approximate surface area is 154 Å². The van der Waals surface area contributed by atoms with Crippen molar-refractivity contribution in [1.82, 2.24) is 10.2 Å². The molecule has 1 atom stereocenters. The summed E-state index contributed by atoms with van der Waals surface area (Å²) < 4.78 is 11.0. The molecule has 0 bridgehead atoms. The molecule has 1 heterocycles. The van der Waals surface area contributed by atoms with Crippen molar-refractivity contribution < 1.29 is 19.1 Å². The molecule has 7 nitrogen and oxygen atoms in total. The number of hydrogen-bond acceptors (Lipinski definition) is 8. The predicted octanol–water partition coefficient (Wildman–Crippen LogP) is 3.23. The van der Waals surface area contributed by atoms with Crippen LogP contribution in [0.15, 0.2) is 28.6 Å². The molecule has 0 saturated carbocycles. The molecule has 134 valence electrons. The highest BCUT2D eigenvalue weighted by molar-refractivity contribution is 8.02. The van der Waals surface area contributed by atoms with Gasteiger partial charge in [-0.25, -0.2) is 0 Å². The molecule has 9 heteroatoms. The summed E-state index contributed by atoms with van der Waals surface area (Å²) in [7, 11) is 0. The Morgan fingerprint density at radius 2 is 2.00 bits per heavy atom. The van der Waals surface area contributed by atoms with E-state index in [0.717, 1.165) is 0 Å². The van der Waals surface area contributed by atoms with Gasteiger partial charge in [-0.1, -0.05) is 35.2 Å². The van der Waals surface area contributed by atoms with Crippen molar-refractivity contribution in [3.8, 4) is 5.75 Å². The molecule has 1 aromatic carbocycles. The molecule has 1 aromatic heterocycles. The number of amides is 1. The molecule has 0 fully saturated rings. The SMILES string of the molecule is CCOC(=O)C(C)Sc1nnc(NC(=O)c2ccccc2OCC)s1. The third kappa shape index (κ3) is 5.43. The molecule has 2 rings (SSSR count). The molecule has 1 unspecified atom stereocenters. The summed E-state index contributed by atoms with van der Waals surface area (Å²) in [4.78, 5) is 24.0. The Kier molecular flexibility index (Phi) is 7.20. The van der Waals surface area contributed by atoms with Crippen molar-refractivity contribution in [2.24, 2.45) is 0 Å². The van der Waals surface area contributed by atoms with Gasteiger partial charge < -0.3 is 9.47 Å². The number of hydrogen-bond donors (Lipinski definition) is 1. The second-order valence-electron chi connectivity index (χ2n) is 4.77. The lowest BCUT2D eigenvalue weighted by molar-refractivity contribution is -0.142. The monoisotopic (exact) mass is 381 g/mol. The number of ether oxygens (including phenoxy) is 2. The fourth-order valence-electron chi connectivity index (χ4n) is 1.87. The van der Waals surface area contributed by atoms with Gasteiger partial charge in [0.15, 0.2) is 4.34 Å². The number of carbonyl (C=O) groups excluding carboxylic acids is 2. The van der Waals surface area contributed by atoms with E-state index in [4.69, 9.17) is 9.47 Å². The van der Waals surface area contributed by atoms with Gasteiger partial charge in [-0.2, -0.15) is 0 Å². The highest BCUT2D eigenvalue weighted by Gasteiger charge is 2.19. The third-order valence-electron chi connectivity index (χ3n) is 2.95. The molecule has 2 aromatic rings. The molecular weight excluding hydrogens is 362 g/mol. The molecule has 0 aliphatic rings. The lowest BCUT2D eigenvalue weighted by atomic mass is 10.2. The van der Waals surface area contributed by atoms with E-state index in [1.54, 1.807) is 38.1 Å². The lowest BCUT2D eigenvalue weighted by Gasteiger charge is -2.08. The molecule has 0 aliphatic heterocycles. The Bertz CT molecular complexity index is 736. The second kappa shape index (κ2) is 9.38. The van der Waals surface area contributed by atoms with Crippen LogP contribution in [0, 0.1) is 0 Å². The van der Waals surface area contributed by atoms with Crippen LogP contribution in [-0.4, -0.2) is 40.5 Å². The largest absolute Gasteiger partial charge is 0.493 e. The summed E-state index contributed by atoms with van der Waals surface area (Å²) in [5.41, 5.74) is 0.425. The van der Waals surface area contributed by atoms with E-state index in [0.29, 0.717) is 34.0 Å². The molecule has 0 spiro atoms. The number of nitrogens with zero attached hydrogens (tertiary/aromatic N) is 2. The standard InChI is InChI=1S/C16H19N3O4S2/c1-4-22-12-9-7-6-8-11(12)13(20)17-15-18-19-16(25-15)24-10(3)14(21)23-5-2/h6-10H,4-5H2,1-3H3,(H,17,18,20). The zero-order valence-electron chi connectivity index (χ0n) is 14.1. The maximum atomic E-state index is 12.4. The number of nitrogens with one attached hydrogen (secondary N) is 1. The van der Waals surface area contributed by atoms with Gasteiger partial charge in [-0.3, -0.25) is 14.9 Å². The Balaban J connectivity index is 2.01. The van der Waals surface area contributed by atoms with E-state index in [1.807, 2.05) is 6.92 Å². The minimum Gasteiger partial charge on any atom is -0.493 e. The van der Waals surface area contributed by atoms with Gasteiger partial charge >= 0.3 is 5.97 Å². The van der Waals surface area contributed by atoms with E-state index in [9.17, 15) is 9.59 Å². The first kappa shape index (κ1) is 19.2. The van der Waals surface area contributed by atoms with Gasteiger partial charge in [0.25, 0.3) is 5.91 Å². The summed E-state index contributed by atoms with van der Waals surface area (Å²) in [6.45, 7) is 6.15. The first-order valence-corrected chi connectivity index (χ1v) is 9.44. The topological polar surface area (TPSA) is 90.4 Å². The molecule has 25 heavy (non-hydrogen) atoms. The van der Waals surface area contributed by atoms with Crippen LogP contribution in [0.5, 0.6) is 5.75 Å².